The molecule has 10 heterocycles. The SMILES string of the molecule is C.C.C.C.C.CCOC.CCOC(=O)c1cc(Cl)cc2cncn12.CON(C)C(=O)c1cc(Cl)cc2cncn12.Clc1cc(CC2CCCCC2)n2cncc2c1.NN.O.O.O=C(O)c1cc(Cl)cc2cncn12.O=C(c1cc(Cl)cc2cncn12)C1CCCCC1.[CH-]1CCCCC1.[Cl-].[Li+].[Mg+2].[OH-]. The third-order valence-corrected chi connectivity index (χ3v) is 16.1. The zero-order valence-corrected chi connectivity index (χ0v) is 61.3. The molecule has 32 heteroatoms. The van der Waals surface area contributed by atoms with E-state index in [2.05, 4.69) is 58.2 Å². The minimum absolute atomic E-state index is 0. The molecule has 0 atom stereocenters. The molecule has 10 aromatic heterocycles. The molecule has 0 radical (unpaired) electrons. The van der Waals surface area contributed by atoms with Crippen molar-refractivity contribution in [3.63, 3.8) is 0 Å². The fraction of sp³-hybridized carbons (Fsp3) is 0.429. The molecule has 3 saturated carbocycles. The summed E-state index contributed by atoms with van der Waals surface area (Å²) in [5.41, 5.74) is 7.06. The van der Waals surface area contributed by atoms with Crippen molar-refractivity contribution in [3.05, 3.63) is 183 Å². The van der Waals surface area contributed by atoms with Crippen LogP contribution in [-0.2, 0) is 20.7 Å². The summed E-state index contributed by atoms with van der Waals surface area (Å²) in [5.74, 6) is 7.48. The first-order chi connectivity index (χ1) is 44.0. The van der Waals surface area contributed by atoms with E-state index < -0.39 is 11.9 Å². The van der Waals surface area contributed by atoms with Crippen LogP contribution in [0.25, 0.3) is 27.6 Å². The van der Waals surface area contributed by atoms with Gasteiger partial charge in [-0.25, -0.2) is 39.6 Å². The molecule has 24 nitrogen and oxygen atoms in total. The van der Waals surface area contributed by atoms with Crippen molar-refractivity contribution >= 4 is 132 Å². The van der Waals surface area contributed by atoms with Crippen molar-refractivity contribution in [1.29, 1.82) is 0 Å². The number of pyridine rings is 5. The maximum absolute atomic E-state index is 12.6. The molecule has 560 valence electrons. The summed E-state index contributed by atoms with van der Waals surface area (Å²) in [7, 11) is 4.64. The molecule has 10 aromatic rings. The molecular formula is C70H104Cl6LiMgN13O11. The van der Waals surface area contributed by atoms with Crippen molar-refractivity contribution in [2.24, 2.45) is 23.5 Å². The van der Waals surface area contributed by atoms with Gasteiger partial charge >= 0.3 is 53.9 Å². The topological polar surface area (TPSA) is 351 Å². The number of hydrogen-bond donors (Lipinski definition) is 3. The number of hydrogen-bond acceptors (Lipinski definition) is 15. The molecule has 1 amide bonds. The fourth-order valence-electron chi connectivity index (χ4n) is 10.5. The number of ether oxygens (including phenoxy) is 2. The number of Topliss-reactive ketones (excluding diaryl/α,β-unsaturated/α-hetero) is 1. The van der Waals surface area contributed by atoms with Gasteiger partial charge < -0.3 is 54.2 Å². The van der Waals surface area contributed by atoms with E-state index >= 15 is 0 Å². The van der Waals surface area contributed by atoms with Crippen LogP contribution in [0.5, 0.6) is 0 Å². The van der Waals surface area contributed by atoms with Crippen molar-refractivity contribution in [3.8, 4) is 0 Å². The minimum atomic E-state index is -1.02. The van der Waals surface area contributed by atoms with Crippen LogP contribution in [0.4, 0.5) is 0 Å². The molecule has 0 aromatic carbocycles. The Hall–Kier alpha value is -5.65. The Kier molecular flexibility index (Phi) is 59.7. The number of aromatic carboxylic acids is 1. The number of nitrogens with two attached hydrogens (primary N) is 2. The standard InChI is InChI=1S/C14H15ClN2O.C14H17ClN2.C10H10ClN3O2.C10H9ClN2O2.C8H5ClN2O2.C6H11.C3H8O.5CH4.ClH.Li.Mg.H4N2.3H2O/c15-11-6-12-8-16-9-17(12)13(7-11)14(18)10-4-2-1-3-5-10;15-12-7-13(6-11-4-2-1-3-5-11)17-10-16-9-14(17)8-12;1-13(16-2)10(15)9-4-7(11)3-8-5-12-6-14(8)9;1-2-15-10(14)9-4-7(11)3-8-5-12-6-13(8)9;9-5-1-6-3-10-4-11(6)7(2-5)8(12)13;1-2-4-6-5-3-1;1-3-4-2;;;;;;;;;1-2;;;/h6-10H,1-5H2;7-11H,1-6H2;3-6H,1-2H3;3-6H,2H2,1H3;1-4H,(H,12,13);1H,2-6H2;3H2,1-2H3;5*1H4;1H;;;1-2H2;3*1H2/q;;;;;-1;;;;;;;;+1;+2;;;;/p-2. The molecule has 3 aliphatic rings. The van der Waals surface area contributed by atoms with E-state index in [4.69, 9.17) is 72.7 Å². The number of amides is 1. The molecule has 0 bridgehead atoms. The predicted octanol–water partition coefficient (Wildman–Crippen LogP) is 9.94. The van der Waals surface area contributed by atoms with Gasteiger partial charge in [-0.15, -0.1) is 0 Å². The molecule has 10 N–H and O–H groups in total. The number of carbonyl (C=O) groups excluding carboxylic acids is 3. The van der Waals surface area contributed by atoms with E-state index in [0.29, 0.717) is 49.3 Å². The number of halogens is 6. The second kappa shape index (κ2) is 56.7. The summed E-state index contributed by atoms with van der Waals surface area (Å²) in [5, 5.41) is 12.7. The molecule has 102 heavy (non-hydrogen) atoms. The Balaban J connectivity index is -0.000000265. The van der Waals surface area contributed by atoms with Gasteiger partial charge in [0.2, 0.25) is 0 Å². The quantitative estimate of drug-likeness (QED) is 0.0286. The van der Waals surface area contributed by atoms with Crippen molar-refractivity contribution in [2.75, 3.05) is 34.5 Å². The number of nitrogens with zero attached hydrogens (tertiary/aromatic N) is 11. The summed E-state index contributed by atoms with van der Waals surface area (Å²) in [6.07, 6.45) is 39.7. The summed E-state index contributed by atoms with van der Waals surface area (Å²) in [6, 6.07) is 17.3. The molecule has 3 fully saturated rings. The Morgan fingerprint density at radius 3 is 1.24 bits per heavy atom. The summed E-state index contributed by atoms with van der Waals surface area (Å²) in [6.45, 7) is 4.87. The van der Waals surface area contributed by atoms with Crippen LogP contribution in [0, 0.1) is 18.3 Å². The van der Waals surface area contributed by atoms with Crippen LogP contribution in [0.3, 0.4) is 0 Å². The molecular weight excluding hydrogens is 1440 g/mol. The maximum atomic E-state index is 12.6. The van der Waals surface area contributed by atoms with Crippen LogP contribution in [-0.4, -0.2) is 155 Å². The van der Waals surface area contributed by atoms with E-state index in [9.17, 15) is 19.2 Å². The number of fused-ring (bicyclic) bond motifs is 5. The van der Waals surface area contributed by atoms with E-state index in [-0.39, 0.29) is 131 Å². The number of hydrazine groups is 1. The number of aromatic nitrogens is 10. The number of carboxylic acids is 1. The number of hydroxylamine groups is 2. The van der Waals surface area contributed by atoms with Gasteiger partial charge in [-0.3, -0.25) is 43.7 Å². The van der Waals surface area contributed by atoms with Gasteiger partial charge in [0.25, 0.3) is 5.91 Å². The van der Waals surface area contributed by atoms with Crippen molar-refractivity contribution in [2.45, 2.75) is 154 Å². The van der Waals surface area contributed by atoms with E-state index in [0.717, 1.165) is 76.8 Å². The van der Waals surface area contributed by atoms with Gasteiger partial charge in [0.15, 0.2) is 5.78 Å². The largest absolute Gasteiger partial charge is 2.00 e. The number of carbonyl (C=O) groups is 4. The number of esters is 1. The number of methoxy groups -OCH3 is 1. The zero-order valence-electron chi connectivity index (χ0n) is 55.3. The van der Waals surface area contributed by atoms with Crippen LogP contribution in [0.1, 0.15) is 195 Å². The molecule has 0 saturated heterocycles. The zero-order chi connectivity index (χ0) is 65.8. The van der Waals surface area contributed by atoms with E-state index in [1.165, 1.54) is 107 Å². The third kappa shape index (κ3) is 32.0. The molecule has 3 aliphatic carbocycles. The first-order valence-electron chi connectivity index (χ1n) is 30.0. The van der Waals surface area contributed by atoms with Crippen LogP contribution >= 0.6 is 58.0 Å². The van der Waals surface area contributed by atoms with Crippen LogP contribution < -0.4 is 43.0 Å². The minimum Gasteiger partial charge on any atom is -1.00 e. The van der Waals surface area contributed by atoms with E-state index in [1.807, 2.05) is 36.0 Å². The smallest absolute Gasteiger partial charge is 1.00 e. The monoisotopic (exact) mass is 1540 g/mol. The van der Waals surface area contributed by atoms with Crippen molar-refractivity contribution in [1.82, 2.24) is 52.0 Å². The first-order valence-corrected chi connectivity index (χ1v) is 31.9. The van der Waals surface area contributed by atoms with Gasteiger partial charge in [-0.1, -0.05) is 166 Å². The molecule has 13 rings (SSSR count). The second-order valence-electron chi connectivity index (χ2n) is 21.3. The average molecular weight is 1550 g/mol. The molecule has 0 unspecified atom stereocenters. The van der Waals surface area contributed by atoms with Crippen molar-refractivity contribution < 1.29 is 86.3 Å². The molecule has 0 aliphatic heterocycles. The second-order valence-corrected chi connectivity index (χ2v) is 23.4. The Bertz CT molecular complexity index is 3930. The van der Waals surface area contributed by atoms with Gasteiger partial charge in [0.05, 0.1) is 110 Å². The Morgan fingerprint density at radius 2 is 0.863 bits per heavy atom. The number of imidazole rings is 5. The van der Waals surface area contributed by atoms with Gasteiger partial charge in [0, 0.05) is 57.5 Å². The molecule has 0 spiro atoms. The summed E-state index contributed by atoms with van der Waals surface area (Å²) in [4.78, 5) is 71.7. The fourth-order valence-corrected chi connectivity index (χ4v) is 11.6. The average Bonchev–Trinajstić information content (AvgIpc) is 1.64. The number of rotatable bonds is 10. The summed E-state index contributed by atoms with van der Waals surface area (Å²) >= 11 is 29.7. The first kappa shape index (κ1) is 107. The third-order valence-electron chi connectivity index (χ3n) is 15.1. The van der Waals surface area contributed by atoms with Gasteiger partial charge in [-0.2, -0.15) is 12.8 Å². The van der Waals surface area contributed by atoms with Crippen LogP contribution in [0.2, 0.25) is 25.1 Å². The Labute approximate surface area is 660 Å². The van der Waals surface area contributed by atoms with Gasteiger partial charge in [0.1, 0.15) is 17.1 Å². The normalized spacial score (nSPS) is 12.3. The van der Waals surface area contributed by atoms with Crippen LogP contribution in [0.15, 0.2) is 123 Å². The Morgan fingerprint density at radius 1 is 0.529 bits per heavy atom. The number of carboxylic acid groups (broad SMARTS) is 1. The summed E-state index contributed by atoms with van der Waals surface area (Å²) < 4.78 is 18.2. The predicted molar refractivity (Wildman–Crippen MR) is 406 cm³/mol. The van der Waals surface area contributed by atoms with Gasteiger partial charge in [-0.05, 0) is 99.7 Å². The maximum Gasteiger partial charge on any atom is 2.00 e. The van der Waals surface area contributed by atoms with E-state index in [1.54, 1.807) is 103 Å². The number of ketones is 1.